The molecule has 0 aliphatic carbocycles. The highest BCUT2D eigenvalue weighted by Gasteiger charge is 2.13. The van der Waals surface area contributed by atoms with Gasteiger partial charge in [-0.25, -0.2) is 4.98 Å². The zero-order valence-corrected chi connectivity index (χ0v) is 12.4. The number of carbonyl (C=O) groups excluding carboxylic acids is 1. The fourth-order valence-corrected chi connectivity index (χ4v) is 2.34. The SMILES string of the molecule is Cc1cccc(C(=O)NCCCN2CCN(C)CC2)n1. The highest BCUT2D eigenvalue weighted by atomic mass is 16.1. The molecule has 0 radical (unpaired) electrons. The van der Waals surface area contributed by atoms with Gasteiger partial charge in [-0.05, 0) is 39.1 Å². The van der Waals surface area contributed by atoms with Crippen LogP contribution in [-0.4, -0.2) is 67.0 Å². The molecular formula is C15H24N4O. The van der Waals surface area contributed by atoms with E-state index in [1.165, 1.54) is 0 Å². The fraction of sp³-hybridized carbons (Fsp3) is 0.600. The van der Waals surface area contributed by atoms with E-state index >= 15 is 0 Å². The van der Waals surface area contributed by atoms with Crippen LogP contribution in [0.25, 0.3) is 0 Å². The number of pyridine rings is 1. The van der Waals surface area contributed by atoms with Gasteiger partial charge in [0.1, 0.15) is 5.69 Å². The molecule has 0 spiro atoms. The topological polar surface area (TPSA) is 48.5 Å². The summed E-state index contributed by atoms with van der Waals surface area (Å²) in [5.74, 6) is -0.0768. The summed E-state index contributed by atoms with van der Waals surface area (Å²) in [7, 11) is 2.16. The second-order valence-corrected chi connectivity index (χ2v) is 5.42. The summed E-state index contributed by atoms with van der Waals surface area (Å²) in [6, 6.07) is 5.51. The third-order valence-electron chi connectivity index (χ3n) is 3.65. The van der Waals surface area contributed by atoms with E-state index in [1.807, 2.05) is 19.1 Å². The molecule has 0 aromatic carbocycles. The van der Waals surface area contributed by atoms with Crippen LogP contribution in [0, 0.1) is 6.92 Å². The largest absolute Gasteiger partial charge is 0.351 e. The van der Waals surface area contributed by atoms with Gasteiger partial charge < -0.3 is 15.1 Å². The Morgan fingerprint density at radius 1 is 1.30 bits per heavy atom. The van der Waals surface area contributed by atoms with Crippen LogP contribution in [0.4, 0.5) is 0 Å². The van der Waals surface area contributed by atoms with E-state index in [0.717, 1.165) is 44.8 Å². The second-order valence-electron chi connectivity index (χ2n) is 5.42. The molecular weight excluding hydrogens is 252 g/mol. The normalized spacial score (nSPS) is 17.1. The van der Waals surface area contributed by atoms with Gasteiger partial charge in [0.05, 0.1) is 0 Å². The maximum atomic E-state index is 11.9. The van der Waals surface area contributed by atoms with Gasteiger partial charge >= 0.3 is 0 Å². The molecule has 1 aromatic heterocycles. The van der Waals surface area contributed by atoms with Crippen molar-refractivity contribution in [1.29, 1.82) is 0 Å². The lowest BCUT2D eigenvalue weighted by Gasteiger charge is -2.32. The van der Waals surface area contributed by atoms with Crippen molar-refractivity contribution in [2.24, 2.45) is 0 Å². The van der Waals surface area contributed by atoms with E-state index in [1.54, 1.807) is 6.07 Å². The van der Waals surface area contributed by atoms with Gasteiger partial charge in [0.25, 0.3) is 5.91 Å². The molecule has 1 N–H and O–H groups in total. The van der Waals surface area contributed by atoms with Crippen molar-refractivity contribution >= 4 is 5.91 Å². The molecule has 1 aliphatic heterocycles. The van der Waals surface area contributed by atoms with E-state index in [-0.39, 0.29) is 5.91 Å². The van der Waals surface area contributed by atoms with Gasteiger partial charge in [0.15, 0.2) is 0 Å². The highest BCUT2D eigenvalue weighted by molar-refractivity contribution is 5.92. The Kier molecular flexibility index (Phi) is 5.49. The van der Waals surface area contributed by atoms with Crippen LogP contribution in [0.3, 0.4) is 0 Å². The third kappa shape index (κ3) is 4.58. The van der Waals surface area contributed by atoms with Gasteiger partial charge in [-0.1, -0.05) is 6.07 Å². The summed E-state index contributed by atoms with van der Waals surface area (Å²) in [5.41, 5.74) is 1.37. The number of hydrogen-bond acceptors (Lipinski definition) is 4. The summed E-state index contributed by atoms with van der Waals surface area (Å²) in [6.07, 6.45) is 0.987. The molecule has 5 nitrogen and oxygen atoms in total. The van der Waals surface area contributed by atoms with Crippen LogP contribution in [0.1, 0.15) is 22.6 Å². The standard InChI is InChI=1S/C15H24N4O/c1-13-5-3-6-14(17-13)15(20)16-7-4-8-19-11-9-18(2)10-12-19/h3,5-6H,4,7-12H2,1-2H3,(H,16,20). The number of nitrogens with zero attached hydrogens (tertiary/aromatic N) is 3. The van der Waals surface area contributed by atoms with Gasteiger partial charge in [-0.3, -0.25) is 4.79 Å². The molecule has 1 aliphatic rings. The molecule has 110 valence electrons. The molecule has 20 heavy (non-hydrogen) atoms. The molecule has 1 saturated heterocycles. The average Bonchev–Trinajstić information content (AvgIpc) is 2.45. The van der Waals surface area contributed by atoms with Crippen LogP contribution < -0.4 is 5.32 Å². The molecule has 5 heteroatoms. The molecule has 1 amide bonds. The first kappa shape index (κ1) is 14.9. The number of aryl methyl sites for hydroxylation is 1. The first-order chi connectivity index (χ1) is 9.65. The third-order valence-corrected chi connectivity index (χ3v) is 3.65. The van der Waals surface area contributed by atoms with Crippen molar-refractivity contribution < 1.29 is 4.79 Å². The Morgan fingerprint density at radius 3 is 2.75 bits per heavy atom. The van der Waals surface area contributed by atoms with Crippen LogP contribution in [0.2, 0.25) is 0 Å². The number of rotatable bonds is 5. The van der Waals surface area contributed by atoms with E-state index in [2.05, 4.69) is 27.1 Å². The van der Waals surface area contributed by atoms with Crippen LogP contribution in [0.5, 0.6) is 0 Å². The quantitative estimate of drug-likeness (QED) is 0.807. The first-order valence-corrected chi connectivity index (χ1v) is 7.28. The number of likely N-dealkylation sites (N-methyl/N-ethyl adjacent to an activating group) is 1. The van der Waals surface area contributed by atoms with Gasteiger partial charge in [-0.2, -0.15) is 0 Å². The lowest BCUT2D eigenvalue weighted by atomic mass is 10.3. The minimum atomic E-state index is -0.0768. The number of aromatic nitrogens is 1. The number of hydrogen-bond donors (Lipinski definition) is 1. The predicted octanol–water partition coefficient (Wildman–Crippen LogP) is 0.757. The van der Waals surface area contributed by atoms with E-state index in [9.17, 15) is 4.79 Å². The van der Waals surface area contributed by atoms with Crippen LogP contribution >= 0.6 is 0 Å². The number of carbonyl (C=O) groups is 1. The first-order valence-electron chi connectivity index (χ1n) is 7.28. The van der Waals surface area contributed by atoms with Crippen molar-refractivity contribution in [3.8, 4) is 0 Å². The summed E-state index contributed by atoms with van der Waals surface area (Å²) < 4.78 is 0. The van der Waals surface area contributed by atoms with Gasteiger partial charge in [0.2, 0.25) is 0 Å². The molecule has 0 atom stereocenters. The monoisotopic (exact) mass is 276 g/mol. The van der Waals surface area contributed by atoms with Crippen molar-refractivity contribution in [1.82, 2.24) is 20.1 Å². The second kappa shape index (κ2) is 7.36. The maximum absolute atomic E-state index is 11.9. The fourth-order valence-electron chi connectivity index (χ4n) is 2.34. The number of nitrogens with one attached hydrogen (secondary N) is 1. The minimum Gasteiger partial charge on any atom is -0.351 e. The Balaban J connectivity index is 1.64. The Bertz CT molecular complexity index is 441. The zero-order valence-electron chi connectivity index (χ0n) is 12.4. The Hall–Kier alpha value is -1.46. The van der Waals surface area contributed by atoms with Crippen molar-refractivity contribution in [3.63, 3.8) is 0 Å². The summed E-state index contributed by atoms with van der Waals surface area (Å²) in [4.78, 5) is 20.9. The molecule has 1 aromatic rings. The summed E-state index contributed by atoms with van der Waals surface area (Å²) in [6.45, 7) is 8.19. The zero-order chi connectivity index (χ0) is 14.4. The summed E-state index contributed by atoms with van der Waals surface area (Å²) in [5, 5.41) is 2.94. The maximum Gasteiger partial charge on any atom is 0.269 e. The van der Waals surface area contributed by atoms with E-state index in [4.69, 9.17) is 0 Å². The highest BCUT2D eigenvalue weighted by Crippen LogP contribution is 2.00. The Morgan fingerprint density at radius 2 is 2.05 bits per heavy atom. The molecule has 2 rings (SSSR count). The molecule has 0 unspecified atom stereocenters. The van der Waals surface area contributed by atoms with Crippen molar-refractivity contribution in [3.05, 3.63) is 29.6 Å². The van der Waals surface area contributed by atoms with Crippen molar-refractivity contribution in [2.45, 2.75) is 13.3 Å². The summed E-state index contributed by atoms with van der Waals surface area (Å²) >= 11 is 0. The van der Waals surface area contributed by atoms with Crippen LogP contribution in [0.15, 0.2) is 18.2 Å². The predicted molar refractivity (Wildman–Crippen MR) is 79.9 cm³/mol. The average molecular weight is 276 g/mol. The number of piperazine rings is 1. The van der Waals surface area contributed by atoms with E-state index in [0.29, 0.717) is 12.2 Å². The lowest BCUT2D eigenvalue weighted by Crippen LogP contribution is -2.45. The lowest BCUT2D eigenvalue weighted by molar-refractivity contribution is 0.0944. The van der Waals surface area contributed by atoms with E-state index < -0.39 is 0 Å². The van der Waals surface area contributed by atoms with Crippen LogP contribution in [-0.2, 0) is 0 Å². The Labute approximate surface area is 121 Å². The van der Waals surface area contributed by atoms with Gasteiger partial charge in [0, 0.05) is 38.4 Å². The molecule has 1 fully saturated rings. The minimum absolute atomic E-state index is 0.0768. The molecule has 0 bridgehead atoms. The van der Waals surface area contributed by atoms with Crippen molar-refractivity contribution in [2.75, 3.05) is 46.3 Å². The molecule has 0 saturated carbocycles. The number of amides is 1. The smallest absolute Gasteiger partial charge is 0.269 e. The molecule has 2 heterocycles. The van der Waals surface area contributed by atoms with Gasteiger partial charge in [-0.15, -0.1) is 0 Å².